The lowest BCUT2D eigenvalue weighted by Crippen LogP contribution is -1.99. The van der Waals surface area contributed by atoms with Crippen molar-refractivity contribution in [1.29, 1.82) is 0 Å². The lowest BCUT2D eigenvalue weighted by molar-refractivity contribution is 0.103. The molecule has 246 valence electrons. The third-order valence-electron chi connectivity index (χ3n) is 6.85. The normalized spacial score (nSPS) is 10.5. The highest BCUT2D eigenvalue weighted by Crippen LogP contribution is 2.29. The van der Waals surface area contributed by atoms with Gasteiger partial charge in [-0.25, -0.2) is 0 Å². The number of carbonyl (C=O) groups is 2. The van der Waals surface area contributed by atoms with Gasteiger partial charge in [-0.3, -0.25) is 9.59 Å². The summed E-state index contributed by atoms with van der Waals surface area (Å²) in [6, 6.07) is 20.3. The SMILES string of the molecule is COc1ccc(C(=O)C=Cc2ccc(OC)cc2OC)c(O)c1.COc1ccc(C=CC(=O)c2ccc(OC)cc2OC)c(OC)c1. The third kappa shape index (κ3) is 9.54. The lowest BCUT2D eigenvalue weighted by atomic mass is 10.1. The number of phenolic OH excluding ortho intramolecular Hbond substituents is 1. The molecule has 0 aliphatic rings. The van der Waals surface area contributed by atoms with E-state index in [0.717, 1.165) is 11.1 Å². The molecule has 0 bridgehead atoms. The van der Waals surface area contributed by atoms with Crippen LogP contribution in [0.2, 0.25) is 0 Å². The molecule has 10 nitrogen and oxygen atoms in total. The second-order valence-electron chi connectivity index (χ2n) is 9.56. The number of ether oxygens (including phenoxy) is 7. The Hall–Kier alpha value is -5.90. The van der Waals surface area contributed by atoms with Crippen LogP contribution in [0, 0.1) is 0 Å². The minimum Gasteiger partial charge on any atom is -0.507 e. The van der Waals surface area contributed by atoms with Crippen LogP contribution in [0.4, 0.5) is 0 Å². The summed E-state index contributed by atoms with van der Waals surface area (Å²) in [4.78, 5) is 24.7. The van der Waals surface area contributed by atoms with Gasteiger partial charge in [-0.15, -0.1) is 0 Å². The van der Waals surface area contributed by atoms with Crippen molar-refractivity contribution < 1.29 is 47.9 Å². The molecule has 0 aromatic heterocycles. The number of aromatic hydroxyl groups is 1. The van der Waals surface area contributed by atoms with Crippen molar-refractivity contribution in [3.63, 3.8) is 0 Å². The smallest absolute Gasteiger partial charge is 0.189 e. The fraction of sp³-hybridized carbons (Fsp3) is 0.189. The number of carbonyl (C=O) groups excluding carboxylic acids is 2. The van der Waals surface area contributed by atoms with Crippen molar-refractivity contribution in [3.05, 3.63) is 107 Å². The Morgan fingerprint density at radius 2 is 0.830 bits per heavy atom. The summed E-state index contributed by atoms with van der Waals surface area (Å²) in [5.74, 6) is 3.53. The summed E-state index contributed by atoms with van der Waals surface area (Å²) in [7, 11) is 10.8. The van der Waals surface area contributed by atoms with Gasteiger partial charge in [-0.1, -0.05) is 0 Å². The quantitative estimate of drug-likeness (QED) is 0.121. The first kappa shape index (κ1) is 35.6. The van der Waals surface area contributed by atoms with Gasteiger partial charge in [0.15, 0.2) is 11.6 Å². The number of rotatable bonds is 13. The van der Waals surface area contributed by atoms with Crippen LogP contribution in [0.5, 0.6) is 46.0 Å². The van der Waals surface area contributed by atoms with Crippen molar-refractivity contribution >= 4 is 23.7 Å². The predicted octanol–water partition coefficient (Wildman–Crippen LogP) is 6.93. The van der Waals surface area contributed by atoms with E-state index in [0.29, 0.717) is 45.8 Å². The molecule has 0 heterocycles. The molecule has 0 aliphatic carbocycles. The van der Waals surface area contributed by atoms with E-state index in [1.54, 1.807) is 102 Å². The average molecular weight is 643 g/mol. The molecule has 0 saturated heterocycles. The van der Waals surface area contributed by atoms with E-state index in [-0.39, 0.29) is 22.9 Å². The number of benzene rings is 4. The molecule has 47 heavy (non-hydrogen) atoms. The van der Waals surface area contributed by atoms with Crippen molar-refractivity contribution in [2.75, 3.05) is 49.8 Å². The molecule has 0 atom stereocenters. The first-order valence-corrected chi connectivity index (χ1v) is 14.2. The molecule has 4 aromatic rings. The Labute approximate surface area is 274 Å². The van der Waals surface area contributed by atoms with E-state index in [4.69, 9.17) is 33.2 Å². The zero-order valence-electron chi connectivity index (χ0n) is 27.4. The highest BCUT2D eigenvalue weighted by molar-refractivity contribution is 6.09. The Balaban J connectivity index is 0.000000256. The Morgan fingerprint density at radius 1 is 0.468 bits per heavy atom. The summed E-state index contributed by atoms with van der Waals surface area (Å²) in [5, 5.41) is 9.88. The van der Waals surface area contributed by atoms with E-state index in [2.05, 4.69) is 0 Å². The minimum absolute atomic E-state index is 0.124. The molecular formula is C37H38O10. The monoisotopic (exact) mass is 642 g/mol. The molecule has 10 heteroatoms. The first-order chi connectivity index (χ1) is 22.7. The number of methoxy groups -OCH3 is 7. The maximum atomic E-state index is 12.4. The van der Waals surface area contributed by atoms with Crippen molar-refractivity contribution in [1.82, 2.24) is 0 Å². The van der Waals surface area contributed by atoms with E-state index >= 15 is 0 Å². The fourth-order valence-electron chi connectivity index (χ4n) is 4.27. The summed E-state index contributed by atoms with van der Waals surface area (Å²) in [6.45, 7) is 0. The van der Waals surface area contributed by atoms with Crippen molar-refractivity contribution in [3.8, 4) is 46.0 Å². The van der Waals surface area contributed by atoms with Crippen LogP contribution in [0.3, 0.4) is 0 Å². The van der Waals surface area contributed by atoms with Gasteiger partial charge >= 0.3 is 0 Å². The van der Waals surface area contributed by atoms with Gasteiger partial charge in [-0.05, 0) is 72.8 Å². The zero-order valence-corrected chi connectivity index (χ0v) is 27.4. The van der Waals surface area contributed by atoms with Gasteiger partial charge in [0.25, 0.3) is 0 Å². The van der Waals surface area contributed by atoms with Gasteiger partial charge in [-0.2, -0.15) is 0 Å². The molecule has 0 fully saturated rings. The second kappa shape index (κ2) is 17.6. The molecule has 4 aromatic carbocycles. The van der Waals surface area contributed by atoms with Crippen LogP contribution in [-0.2, 0) is 0 Å². The molecule has 4 rings (SSSR count). The summed E-state index contributed by atoms with van der Waals surface area (Å²) >= 11 is 0. The highest BCUT2D eigenvalue weighted by Gasteiger charge is 2.12. The van der Waals surface area contributed by atoms with Gasteiger partial charge < -0.3 is 38.3 Å². The highest BCUT2D eigenvalue weighted by atomic mass is 16.5. The molecule has 0 aliphatic heterocycles. The van der Waals surface area contributed by atoms with Crippen LogP contribution in [0.1, 0.15) is 31.8 Å². The van der Waals surface area contributed by atoms with Crippen LogP contribution in [-0.4, -0.2) is 66.4 Å². The van der Waals surface area contributed by atoms with E-state index in [9.17, 15) is 14.7 Å². The number of allylic oxidation sites excluding steroid dienone is 2. The van der Waals surface area contributed by atoms with Gasteiger partial charge in [0, 0.05) is 35.4 Å². The second-order valence-corrected chi connectivity index (χ2v) is 9.56. The van der Waals surface area contributed by atoms with E-state index < -0.39 is 0 Å². The molecule has 0 radical (unpaired) electrons. The van der Waals surface area contributed by atoms with Gasteiger partial charge in [0.2, 0.25) is 0 Å². The zero-order chi connectivity index (χ0) is 34.3. The summed E-state index contributed by atoms with van der Waals surface area (Å²) < 4.78 is 36.3. The van der Waals surface area contributed by atoms with E-state index in [1.165, 1.54) is 38.5 Å². The lowest BCUT2D eigenvalue weighted by Gasteiger charge is -2.09. The molecule has 0 unspecified atom stereocenters. The number of hydrogen-bond donors (Lipinski definition) is 1. The Morgan fingerprint density at radius 3 is 1.23 bits per heavy atom. The van der Waals surface area contributed by atoms with Crippen LogP contribution >= 0.6 is 0 Å². The summed E-state index contributed by atoms with van der Waals surface area (Å²) in [6.07, 6.45) is 6.19. The third-order valence-corrected chi connectivity index (χ3v) is 6.85. The number of ketones is 2. The van der Waals surface area contributed by atoms with Crippen LogP contribution in [0.15, 0.2) is 84.9 Å². The largest absolute Gasteiger partial charge is 0.507 e. The van der Waals surface area contributed by atoms with Crippen molar-refractivity contribution in [2.24, 2.45) is 0 Å². The Bertz CT molecular complexity index is 1740. The molecule has 0 saturated carbocycles. The van der Waals surface area contributed by atoms with Crippen LogP contribution in [0.25, 0.3) is 12.2 Å². The minimum atomic E-state index is -0.317. The number of phenols is 1. The Kier molecular flexibility index (Phi) is 13.3. The maximum absolute atomic E-state index is 12.4. The topological polar surface area (TPSA) is 119 Å². The molecule has 0 amide bonds. The standard InChI is InChI=1S/C19H20O5.C18H18O5/c1-21-14-7-5-13(18(11-14)23-3)6-10-17(20)16-9-8-15(22-2)12-19(16)24-4;1-21-13-7-8-15(17(20)10-13)16(19)9-5-12-4-6-14(22-2)11-18(12)23-3/h5-12H,1-4H3;4-11,20H,1-3H3. The first-order valence-electron chi connectivity index (χ1n) is 14.2. The molecular weight excluding hydrogens is 604 g/mol. The summed E-state index contributed by atoms with van der Waals surface area (Å²) in [5.41, 5.74) is 2.17. The van der Waals surface area contributed by atoms with Gasteiger partial charge in [0.05, 0.1) is 60.9 Å². The fourth-order valence-corrected chi connectivity index (χ4v) is 4.27. The molecule has 0 spiro atoms. The van der Waals surface area contributed by atoms with Crippen LogP contribution < -0.4 is 33.2 Å². The molecule has 1 N–H and O–H groups in total. The van der Waals surface area contributed by atoms with E-state index in [1.807, 2.05) is 6.07 Å². The van der Waals surface area contributed by atoms with Crippen molar-refractivity contribution in [2.45, 2.75) is 0 Å². The maximum Gasteiger partial charge on any atom is 0.189 e. The average Bonchev–Trinajstić information content (AvgIpc) is 3.12. The number of hydrogen-bond acceptors (Lipinski definition) is 10. The predicted molar refractivity (Wildman–Crippen MR) is 180 cm³/mol. The van der Waals surface area contributed by atoms with Gasteiger partial charge in [0.1, 0.15) is 46.0 Å².